The summed E-state index contributed by atoms with van der Waals surface area (Å²) in [6.07, 6.45) is 1.14. The number of hydrogen-bond donors (Lipinski definition) is 0. The predicted molar refractivity (Wildman–Crippen MR) is 68.7 cm³/mol. The van der Waals surface area contributed by atoms with Gasteiger partial charge in [0.2, 0.25) is 0 Å². The molecule has 0 saturated heterocycles. The van der Waals surface area contributed by atoms with Gasteiger partial charge < -0.3 is 9.53 Å². The summed E-state index contributed by atoms with van der Waals surface area (Å²) in [5.74, 6) is -0.676. The van der Waals surface area contributed by atoms with Crippen molar-refractivity contribution in [2.45, 2.75) is 30.2 Å². The molecule has 20 heavy (non-hydrogen) atoms. The van der Waals surface area contributed by atoms with E-state index < -0.39 is 11.5 Å². The molecule has 0 aliphatic rings. The first-order valence-corrected chi connectivity index (χ1v) is 6.68. The molecule has 0 amide bonds. The summed E-state index contributed by atoms with van der Waals surface area (Å²) >= 11 is -0.298. The van der Waals surface area contributed by atoms with Crippen LogP contribution in [0.2, 0.25) is 0 Å². The van der Waals surface area contributed by atoms with Crippen LogP contribution < -0.4 is 0 Å². The fourth-order valence-electron chi connectivity index (χ4n) is 1.56. The number of aldehydes is 1. The number of carbonyl (C=O) groups is 2. The Morgan fingerprint density at radius 3 is 2.60 bits per heavy atom. The molecule has 0 unspecified atom stereocenters. The molecule has 0 aliphatic heterocycles. The van der Waals surface area contributed by atoms with Gasteiger partial charge in [-0.05, 0) is 48.9 Å². The summed E-state index contributed by atoms with van der Waals surface area (Å²) in [7, 11) is 0. The minimum atomic E-state index is -4.44. The number of thioether (sulfide) groups is 1. The van der Waals surface area contributed by atoms with E-state index in [2.05, 4.69) is 0 Å². The van der Waals surface area contributed by atoms with Crippen molar-refractivity contribution in [1.82, 2.24) is 0 Å². The van der Waals surface area contributed by atoms with Crippen LogP contribution in [0.25, 0.3) is 0 Å². The molecule has 0 aliphatic carbocycles. The van der Waals surface area contributed by atoms with Crippen molar-refractivity contribution in [2.75, 3.05) is 6.61 Å². The molecule has 0 bridgehead atoms. The van der Waals surface area contributed by atoms with Crippen molar-refractivity contribution in [3.05, 3.63) is 29.3 Å². The number of benzene rings is 1. The molecule has 1 aromatic rings. The van der Waals surface area contributed by atoms with E-state index in [0.717, 1.165) is 6.07 Å². The highest BCUT2D eigenvalue weighted by atomic mass is 32.2. The Kier molecular flexibility index (Phi) is 6.06. The fraction of sp³-hybridized carbons (Fsp3) is 0.385. The minimum absolute atomic E-state index is 0.0574. The highest BCUT2D eigenvalue weighted by molar-refractivity contribution is 8.00. The Balaban J connectivity index is 3.06. The van der Waals surface area contributed by atoms with Crippen molar-refractivity contribution in [3.8, 4) is 0 Å². The van der Waals surface area contributed by atoms with E-state index in [0.29, 0.717) is 11.8 Å². The molecule has 3 nitrogen and oxygen atoms in total. The first kappa shape index (κ1) is 16.6. The van der Waals surface area contributed by atoms with E-state index in [1.807, 2.05) is 0 Å². The van der Waals surface area contributed by atoms with E-state index in [1.54, 1.807) is 6.92 Å². The van der Waals surface area contributed by atoms with Crippen LogP contribution in [0.5, 0.6) is 0 Å². The molecule has 0 heterocycles. The van der Waals surface area contributed by atoms with Crippen LogP contribution >= 0.6 is 11.8 Å². The third kappa shape index (κ3) is 5.64. The average Bonchev–Trinajstić information content (AvgIpc) is 2.34. The van der Waals surface area contributed by atoms with Gasteiger partial charge in [0.05, 0.1) is 12.2 Å². The van der Waals surface area contributed by atoms with Gasteiger partial charge in [0.25, 0.3) is 0 Å². The van der Waals surface area contributed by atoms with Gasteiger partial charge >= 0.3 is 11.5 Å². The van der Waals surface area contributed by atoms with Crippen molar-refractivity contribution < 1.29 is 27.5 Å². The van der Waals surface area contributed by atoms with Gasteiger partial charge in [-0.25, -0.2) is 4.79 Å². The summed E-state index contributed by atoms with van der Waals surface area (Å²) in [5.41, 5.74) is -3.88. The number of esters is 1. The molecule has 110 valence electrons. The Morgan fingerprint density at radius 1 is 1.35 bits per heavy atom. The first-order chi connectivity index (χ1) is 9.35. The van der Waals surface area contributed by atoms with Crippen LogP contribution in [-0.2, 0) is 16.0 Å². The zero-order valence-corrected chi connectivity index (χ0v) is 11.5. The summed E-state index contributed by atoms with van der Waals surface area (Å²) in [4.78, 5) is 21.8. The van der Waals surface area contributed by atoms with Gasteiger partial charge in [-0.1, -0.05) is 0 Å². The highest BCUT2D eigenvalue weighted by Crippen LogP contribution is 2.37. The minimum Gasteiger partial charge on any atom is -0.462 e. The van der Waals surface area contributed by atoms with Crippen LogP contribution in [0.15, 0.2) is 23.1 Å². The highest BCUT2D eigenvalue weighted by Gasteiger charge is 2.29. The summed E-state index contributed by atoms with van der Waals surface area (Å²) in [6.45, 7) is 1.75. The van der Waals surface area contributed by atoms with Gasteiger partial charge in [0.15, 0.2) is 0 Å². The fourth-order valence-corrected chi connectivity index (χ4v) is 2.22. The number of ether oxygens (including phenoxy) is 1. The Hall–Kier alpha value is -1.50. The van der Waals surface area contributed by atoms with Crippen molar-refractivity contribution in [1.29, 1.82) is 0 Å². The molecule has 0 fully saturated rings. The number of carbonyl (C=O) groups excluding carboxylic acids is 2. The number of aryl methyl sites for hydroxylation is 1. The van der Waals surface area contributed by atoms with Crippen LogP contribution in [0.1, 0.15) is 29.3 Å². The Bertz CT molecular complexity index is 486. The lowest BCUT2D eigenvalue weighted by molar-refractivity contribution is -0.107. The number of rotatable bonds is 6. The molecule has 0 spiro atoms. The first-order valence-electron chi connectivity index (χ1n) is 5.86. The van der Waals surface area contributed by atoms with Gasteiger partial charge in [0.1, 0.15) is 6.29 Å². The summed E-state index contributed by atoms with van der Waals surface area (Å²) in [5, 5.41) is 0. The molecule has 0 aromatic heterocycles. The second-order valence-corrected chi connectivity index (χ2v) is 4.98. The van der Waals surface area contributed by atoms with Gasteiger partial charge in [-0.2, -0.15) is 13.2 Å². The molecule has 7 heteroatoms. The third-order valence-corrected chi connectivity index (χ3v) is 2.96. The zero-order valence-electron chi connectivity index (χ0n) is 10.7. The van der Waals surface area contributed by atoms with Crippen molar-refractivity contribution in [2.24, 2.45) is 0 Å². The monoisotopic (exact) mass is 306 g/mol. The predicted octanol–water partition coefficient (Wildman–Crippen LogP) is 3.61. The number of hydrogen-bond acceptors (Lipinski definition) is 4. The second kappa shape index (κ2) is 7.33. The van der Waals surface area contributed by atoms with Crippen LogP contribution in [0.4, 0.5) is 13.2 Å². The normalized spacial score (nSPS) is 11.2. The maximum Gasteiger partial charge on any atom is 0.446 e. The van der Waals surface area contributed by atoms with Gasteiger partial charge in [-0.15, -0.1) is 0 Å². The largest absolute Gasteiger partial charge is 0.462 e. The molecule has 0 atom stereocenters. The van der Waals surface area contributed by atoms with E-state index in [-0.39, 0.29) is 41.7 Å². The van der Waals surface area contributed by atoms with Crippen molar-refractivity contribution in [3.63, 3.8) is 0 Å². The Labute approximate surface area is 118 Å². The second-order valence-electron chi connectivity index (χ2n) is 3.84. The molecule has 1 rings (SSSR count). The quantitative estimate of drug-likeness (QED) is 0.457. The molecule has 0 N–H and O–H groups in total. The molecule has 0 radical (unpaired) electrons. The maximum absolute atomic E-state index is 12.4. The third-order valence-electron chi connectivity index (χ3n) is 2.26. The van der Waals surface area contributed by atoms with E-state index in [1.165, 1.54) is 12.1 Å². The SMILES string of the molecule is CCOC(=O)c1cc(CCC=O)cc(SC(F)(F)F)c1. The van der Waals surface area contributed by atoms with Crippen LogP contribution in [0.3, 0.4) is 0 Å². The smallest absolute Gasteiger partial charge is 0.446 e. The Morgan fingerprint density at radius 2 is 2.05 bits per heavy atom. The van der Waals surface area contributed by atoms with Crippen LogP contribution in [0, 0.1) is 0 Å². The van der Waals surface area contributed by atoms with E-state index in [4.69, 9.17) is 4.74 Å². The maximum atomic E-state index is 12.4. The molecule has 0 saturated carbocycles. The number of halogens is 3. The van der Waals surface area contributed by atoms with Gasteiger partial charge in [-0.3, -0.25) is 0 Å². The lowest BCUT2D eigenvalue weighted by Crippen LogP contribution is -2.07. The van der Waals surface area contributed by atoms with E-state index in [9.17, 15) is 22.8 Å². The number of alkyl halides is 3. The molecular weight excluding hydrogens is 293 g/mol. The molecular formula is C13H13F3O3S. The summed E-state index contributed by atoms with van der Waals surface area (Å²) in [6, 6.07) is 3.91. The lowest BCUT2D eigenvalue weighted by Gasteiger charge is -2.10. The lowest BCUT2D eigenvalue weighted by atomic mass is 10.1. The summed E-state index contributed by atoms with van der Waals surface area (Å²) < 4.78 is 42.0. The van der Waals surface area contributed by atoms with Gasteiger partial charge in [0, 0.05) is 11.3 Å². The van der Waals surface area contributed by atoms with E-state index >= 15 is 0 Å². The van der Waals surface area contributed by atoms with Crippen molar-refractivity contribution >= 4 is 24.0 Å². The standard InChI is InChI=1S/C13H13F3O3S/c1-2-19-12(18)10-6-9(4-3-5-17)7-11(8-10)20-13(14,15)16/h5-8H,2-4H2,1H3. The average molecular weight is 306 g/mol. The zero-order chi connectivity index (χ0) is 15.2. The topological polar surface area (TPSA) is 43.4 Å². The molecule has 1 aromatic carbocycles. The van der Waals surface area contributed by atoms with Crippen LogP contribution in [-0.4, -0.2) is 24.4 Å².